The largest absolute Gasteiger partial charge is 0.350 e. The van der Waals surface area contributed by atoms with Gasteiger partial charge in [-0.2, -0.15) is 4.98 Å². The normalized spacial score (nSPS) is 23.8. The zero-order valence-electron chi connectivity index (χ0n) is 8.73. The first kappa shape index (κ1) is 8.91. The zero-order chi connectivity index (χ0) is 10.4. The van der Waals surface area contributed by atoms with Gasteiger partial charge in [-0.25, -0.2) is 4.79 Å². The van der Waals surface area contributed by atoms with Gasteiger partial charge < -0.3 is 10.2 Å². The molecular weight excluding hydrogens is 192 g/mol. The molecule has 2 aliphatic heterocycles. The standard InChI is InChI=1S/C10H14N4O/c1-7-4-9-13-3-2-11-5-8(13)6-14(9)10(15)12-7/h4,8,11H,2-3,5-6H2,1H3. The van der Waals surface area contributed by atoms with E-state index in [1.165, 1.54) is 0 Å². The molecule has 1 unspecified atom stereocenters. The van der Waals surface area contributed by atoms with Crippen LogP contribution in [0.5, 0.6) is 0 Å². The van der Waals surface area contributed by atoms with Gasteiger partial charge in [-0.1, -0.05) is 0 Å². The van der Waals surface area contributed by atoms with Crippen LogP contribution in [0.2, 0.25) is 0 Å². The van der Waals surface area contributed by atoms with E-state index in [-0.39, 0.29) is 5.69 Å². The van der Waals surface area contributed by atoms with Crippen molar-refractivity contribution in [2.24, 2.45) is 0 Å². The summed E-state index contributed by atoms with van der Waals surface area (Å²) in [7, 11) is 0. The van der Waals surface area contributed by atoms with E-state index in [9.17, 15) is 4.79 Å². The first-order valence-corrected chi connectivity index (χ1v) is 5.31. The predicted molar refractivity (Wildman–Crippen MR) is 57.2 cm³/mol. The lowest BCUT2D eigenvalue weighted by atomic mass is 10.2. The monoisotopic (exact) mass is 206 g/mol. The number of hydrogen-bond donors (Lipinski definition) is 1. The molecule has 1 aromatic heterocycles. The number of nitrogens with one attached hydrogen (secondary N) is 1. The van der Waals surface area contributed by atoms with Crippen LogP contribution in [0, 0.1) is 6.92 Å². The van der Waals surface area contributed by atoms with E-state index in [4.69, 9.17) is 0 Å². The van der Waals surface area contributed by atoms with Crippen molar-refractivity contribution in [1.29, 1.82) is 0 Å². The Hall–Kier alpha value is -1.36. The van der Waals surface area contributed by atoms with Gasteiger partial charge in [0.15, 0.2) is 0 Å². The number of nitrogens with zero attached hydrogens (tertiary/aromatic N) is 3. The van der Waals surface area contributed by atoms with Gasteiger partial charge in [0.1, 0.15) is 5.82 Å². The molecule has 1 fully saturated rings. The zero-order valence-corrected chi connectivity index (χ0v) is 8.73. The van der Waals surface area contributed by atoms with E-state index in [1.807, 2.05) is 13.0 Å². The van der Waals surface area contributed by atoms with E-state index < -0.39 is 0 Å². The quantitative estimate of drug-likeness (QED) is 0.612. The van der Waals surface area contributed by atoms with Crippen LogP contribution in [0.15, 0.2) is 10.9 Å². The lowest BCUT2D eigenvalue weighted by Crippen LogP contribution is -2.49. The molecule has 1 saturated heterocycles. The highest BCUT2D eigenvalue weighted by Gasteiger charge is 2.31. The van der Waals surface area contributed by atoms with Gasteiger partial charge in [0.25, 0.3) is 0 Å². The summed E-state index contributed by atoms with van der Waals surface area (Å²) in [6, 6.07) is 2.43. The molecule has 1 aromatic rings. The highest BCUT2D eigenvalue weighted by Crippen LogP contribution is 2.24. The van der Waals surface area contributed by atoms with E-state index >= 15 is 0 Å². The van der Waals surface area contributed by atoms with Crippen molar-refractivity contribution in [2.75, 3.05) is 24.5 Å². The summed E-state index contributed by atoms with van der Waals surface area (Å²) in [6.45, 7) is 5.58. The topological polar surface area (TPSA) is 50.2 Å². The molecule has 3 heterocycles. The van der Waals surface area contributed by atoms with Crippen molar-refractivity contribution in [3.63, 3.8) is 0 Å². The average molecular weight is 206 g/mol. The molecule has 2 aliphatic rings. The minimum absolute atomic E-state index is 0.112. The Bertz CT molecular complexity index is 453. The molecule has 0 spiro atoms. The van der Waals surface area contributed by atoms with Gasteiger partial charge in [0.2, 0.25) is 0 Å². The fourth-order valence-electron chi connectivity index (χ4n) is 2.45. The Labute approximate surface area is 87.7 Å². The second-order valence-electron chi connectivity index (χ2n) is 4.20. The summed E-state index contributed by atoms with van der Waals surface area (Å²) < 4.78 is 1.78. The highest BCUT2D eigenvalue weighted by atomic mass is 16.1. The Balaban J connectivity index is 2.12. The minimum Gasteiger partial charge on any atom is -0.350 e. The molecule has 80 valence electrons. The summed E-state index contributed by atoms with van der Waals surface area (Å²) in [5.41, 5.74) is 0.699. The van der Waals surface area contributed by atoms with Crippen LogP contribution in [0.1, 0.15) is 5.69 Å². The molecule has 3 rings (SSSR count). The number of aromatic nitrogens is 2. The van der Waals surface area contributed by atoms with Crippen molar-refractivity contribution in [3.8, 4) is 0 Å². The number of piperazine rings is 1. The number of fused-ring (bicyclic) bond motifs is 3. The predicted octanol–water partition coefficient (Wildman–Crippen LogP) is -0.656. The lowest BCUT2D eigenvalue weighted by Gasteiger charge is -2.31. The number of rotatable bonds is 0. The van der Waals surface area contributed by atoms with Gasteiger partial charge >= 0.3 is 5.69 Å². The van der Waals surface area contributed by atoms with E-state index in [0.29, 0.717) is 6.04 Å². The maximum absolute atomic E-state index is 11.7. The van der Waals surface area contributed by atoms with Crippen molar-refractivity contribution < 1.29 is 0 Å². The third-order valence-electron chi connectivity index (χ3n) is 3.16. The Morgan fingerprint density at radius 2 is 2.47 bits per heavy atom. The lowest BCUT2D eigenvalue weighted by molar-refractivity contribution is 0.474. The molecule has 0 radical (unpaired) electrons. The molecule has 0 amide bonds. The second kappa shape index (κ2) is 3.06. The van der Waals surface area contributed by atoms with E-state index in [0.717, 1.165) is 37.7 Å². The van der Waals surface area contributed by atoms with Crippen LogP contribution in [0.4, 0.5) is 5.82 Å². The molecule has 5 heteroatoms. The first-order valence-electron chi connectivity index (χ1n) is 5.31. The van der Waals surface area contributed by atoms with Gasteiger partial charge in [0, 0.05) is 31.4 Å². The summed E-state index contributed by atoms with van der Waals surface area (Å²) in [6.07, 6.45) is 0. The number of hydrogen-bond acceptors (Lipinski definition) is 4. The fraction of sp³-hybridized carbons (Fsp3) is 0.600. The molecule has 1 N–H and O–H groups in total. The van der Waals surface area contributed by atoms with E-state index in [1.54, 1.807) is 4.57 Å². The van der Waals surface area contributed by atoms with Crippen LogP contribution in [-0.4, -0.2) is 35.2 Å². The van der Waals surface area contributed by atoms with Crippen LogP contribution in [-0.2, 0) is 6.54 Å². The smallest absolute Gasteiger partial charge is 0.349 e. The fourth-order valence-corrected chi connectivity index (χ4v) is 2.45. The van der Waals surface area contributed by atoms with Crippen LogP contribution >= 0.6 is 0 Å². The maximum atomic E-state index is 11.7. The molecule has 0 saturated carbocycles. The third-order valence-corrected chi connectivity index (χ3v) is 3.16. The summed E-state index contributed by atoms with van der Waals surface area (Å²) in [5.74, 6) is 1.04. The first-order chi connectivity index (χ1) is 7.25. The molecule has 0 aromatic carbocycles. The highest BCUT2D eigenvalue weighted by molar-refractivity contribution is 5.46. The Morgan fingerprint density at radius 1 is 1.60 bits per heavy atom. The molecule has 0 bridgehead atoms. The third kappa shape index (κ3) is 1.26. The van der Waals surface area contributed by atoms with Crippen LogP contribution < -0.4 is 15.9 Å². The summed E-state index contributed by atoms with van der Waals surface area (Å²) in [4.78, 5) is 18.0. The van der Waals surface area contributed by atoms with Crippen molar-refractivity contribution in [1.82, 2.24) is 14.9 Å². The van der Waals surface area contributed by atoms with Gasteiger partial charge in [-0.3, -0.25) is 4.57 Å². The van der Waals surface area contributed by atoms with Crippen molar-refractivity contribution >= 4 is 5.82 Å². The van der Waals surface area contributed by atoms with Crippen LogP contribution in [0.3, 0.4) is 0 Å². The summed E-state index contributed by atoms with van der Waals surface area (Å²) >= 11 is 0. The Morgan fingerprint density at radius 3 is 3.33 bits per heavy atom. The van der Waals surface area contributed by atoms with E-state index in [2.05, 4.69) is 15.2 Å². The molecule has 15 heavy (non-hydrogen) atoms. The number of aryl methyl sites for hydroxylation is 1. The summed E-state index contributed by atoms with van der Waals surface area (Å²) in [5, 5.41) is 3.35. The molecule has 1 atom stereocenters. The maximum Gasteiger partial charge on any atom is 0.349 e. The SMILES string of the molecule is Cc1cc2n(c(=O)n1)CC1CNCCN21. The second-order valence-corrected chi connectivity index (χ2v) is 4.20. The van der Waals surface area contributed by atoms with Crippen molar-refractivity contribution in [2.45, 2.75) is 19.5 Å². The average Bonchev–Trinajstić information content (AvgIpc) is 2.57. The van der Waals surface area contributed by atoms with Gasteiger partial charge in [-0.15, -0.1) is 0 Å². The van der Waals surface area contributed by atoms with Gasteiger partial charge in [-0.05, 0) is 6.92 Å². The number of anilines is 1. The van der Waals surface area contributed by atoms with Gasteiger partial charge in [0.05, 0.1) is 12.6 Å². The molecule has 5 nitrogen and oxygen atoms in total. The van der Waals surface area contributed by atoms with Crippen LogP contribution in [0.25, 0.3) is 0 Å². The van der Waals surface area contributed by atoms with Crippen molar-refractivity contribution in [3.05, 3.63) is 22.2 Å². The Kier molecular flexibility index (Phi) is 1.82. The minimum atomic E-state index is -0.112. The molecule has 0 aliphatic carbocycles. The molecular formula is C10H14N4O.